The molecular weight excluding hydrogens is 168 g/mol. The third-order valence-corrected chi connectivity index (χ3v) is 1.28. The zero-order valence-electron chi connectivity index (χ0n) is 5.97. The molecule has 0 aliphatic carbocycles. The van der Waals surface area contributed by atoms with E-state index in [-0.39, 0.29) is 12.4 Å². The first kappa shape index (κ1) is 9.97. The molecule has 5 heteroatoms. The summed E-state index contributed by atoms with van der Waals surface area (Å²) in [6.07, 6.45) is 3.18. The van der Waals surface area contributed by atoms with Crippen LogP contribution in [0.25, 0.3) is 0 Å². The van der Waals surface area contributed by atoms with Gasteiger partial charge in [0.1, 0.15) is 6.04 Å². The van der Waals surface area contributed by atoms with Crippen LogP contribution in [0.3, 0.4) is 0 Å². The fraction of sp³-hybridized carbons (Fsp3) is 0.333. The first-order chi connectivity index (χ1) is 4.72. The smallest absolute Gasteiger partial charge is 0.328 e. The van der Waals surface area contributed by atoms with Gasteiger partial charge in [-0.15, -0.1) is 12.4 Å². The number of aromatic nitrogens is 2. The van der Waals surface area contributed by atoms with Crippen molar-refractivity contribution in [2.45, 2.75) is 13.0 Å². The van der Waals surface area contributed by atoms with Crippen LogP contribution < -0.4 is 0 Å². The van der Waals surface area contributed by atoms with Crippen LogP contribution >= 0.6 is 12.4 Å². The topological polar surface area (TPSA) is 55.1 Å². The molecule has 0 aromatic carbocycles. The zero-order valence-corrected chi connectivity index (χ0v) is 6.78. The average molecular weight is 177 g/mol. The summed E-state index contributed by atoms with van der Waals surface area (Å²) in [6, 6.07) is 1.12. The van der Waals surface area contributed by atoms with Crippen LogP contribution in [0, 0.1) is 0 Å². The van der Waals surface area contributed by atoms with Gasteiger partial charge in [-0.3, -0.25) is 4.68 Å². The van der Waals surface area contributed by atoms with Gasteiger partial charge in [-0.2, -0.15) is 5.10 Å². The summed E-state index contributed by atoms with van der Waals surface area (Å²) in [5.74, 6) is -0.872. The third-order valence-electron chi connectivity index (χ3n) is 1.28. The maximum Gasteiger partial charge on any atom is 0.328 e. The van der Waals surface area contributed by atoms with Crippen LogP contribution in [0.4, 0.5) is 0 Å². The highest BCUT2D eigenvalue weighted by Crippen LogP contribution is 2.01. The Kier molecular flexibility index (Phi) is 3.60. The first-order valence-corrected chi connectivity index (χ1v) is 2.94. The number of carbonyl (C=O) groups is 1. The van der Waals surface area contributed by atoms with Crippen LogP contribution in [0.15, 0.2) is 18.5 Å². The lowest BCUT2D eigenvalue weighted by Gasteiger charge is -2.04. The van der Waals surface area contributed by atoms with Gasteiger partial charge in [0, 0.05) is 12.4 Å². The van der Waals surface area contributed by atoms with Crippen molar-refractivity contribution in [2.24, 2.45) is 0 Å². The standard InChI is InChI=1S/C6H8N2O2.ClH/c1-5(6(9)10)8-4-2-3-7-8;/h2-5H,1H3,(H,9,10);1H. The fourth-order valence-corrected chi connectivity index (χ4v) is 0.623. The first-order valence-electron chi connectivity index (χ1n) is 2.94. The minimum absolute atomic E-state index is 0. The van der Waals surface area contributed by atoms with E-state index in [1.54, 1.807) is 25.4 Å². The van der Waals surface area contributed by atoms with E-state index in [2.05, 4.69) is 5.10 Å². The molecule has 0 saturated carbocycles. The zero-order chi connectivity index (χ0) is 7.56. The van der Waals surface area contributed by atoms with E-state index in [1.807, 2.05) is 0 Å². The molecule has 0 aliphatic rings. The van der Waals surface area contributed by atoms with Gasteiger partial charge >= 0.3 is 5.97 Å². The quantitative estimate of drug-likeness (QED) is 0.730. The second-order valence-electron chi connectivity index (χ2n) is 2.00. The Balaban J connectivity index is 0.000001000. The molecule has 0 spiro atoms. The maximum absolute atomic E-state index is 10.3. The van der Waals surface area contributed by atoms with E-state index in [1.165, 1.54) is 4.68 Å². The number of nitrogens with zero attached hydrogens (tertiary/aromatic N) is 2. The van der Waals surface area contributed by atoms with Crippen molar-refractivity contribution < 1.29 is 9.90 Å². The Hall–Kier alpha value is -1.03. The minimum Gasteiger partial charge on any atom is -0.480 e. The van der Waals surface area contributed by atoms with E-state index in [4.69, 9.17) is 5.11 Å². The molecule has 1 unspecified atom stereocenters. The molecule has 11 heavy (non-hydrogen) atoms. The van der Waals surface area contributed by atoms with Crippen molar-refractivity contribution in [1.82, 2.24) is 9.78 Å². The Morgan fingerprint density at radius 3 is 2.73 bits per heavy atom. The minimum atomic E-state index is -0.872. The lowest BCUT2D eigenvalue weighted by atomic mass is 10.4. The van der Waals surface area contributed by atoms with E-state index < -0.39 is 12.0 Å². The number of aliphatic carboxylic acids is 1. The highest BCUT2D eigenvalue weighted by atomic mass is 35.5. The van der Waals surface area contributed by atoms with Gasteiger partial charge in [0.2, 0.25) is 0 Å². The molecule has 1 aromatic heterocycles. The van der Waals surface area contributed by atoms with Crippen LogP contribution in [-0.4, -0.2) is 20.9 Å². The van der Waals surface area contributed by atoms with Crippen molar-refractivity contribution in [2.75, 3.05) is 0 Å². The Labute approximate surface area is 70.2 Å². The van der Waals surface area contributed by atoms with E-state index in [0.717, 1.165) is 0 Å². The number of hydrogen-bond acceptors (Lipinski definition) is 2. The molecule has 1 atom stereocenters. The van der Waals surface area contributed by atoms with E-state index >= 15 is 0 Å². The Morgan fingerprint density at radius 1 is 1.73 bits per heavy atom. The lowest BCUT2D eigenvalue weighted by molar-refractivity contribution is -0.140. The maximum atomic E-state index is 10.3. The highest BCUT2D eigenvalue weighted by molar-refractivity contribution is 5.85. The molecule has 62 valence electrons. The van der Waals surface area contributed by atoms with Gasteiger partial charge in [-0.1, -0.05) is 0 Å². The van der Waals surface area contributed by atoms with Crippen molar-refractivity contribution >= 4 is 18.4 Å². The number of carboxylic acid groups (broad SMARTS) is 1. The molecule has 0 radical (unpaired) electrons. The molecule has 1 heterocycles. The number of carboxylic acids is 1. The Bertz CT molecular complexity index is 222. The summed E-state index contributed by atoms with van der Waals surface area (Å²) < 4.78 is 1.39. The second kappa shape index (κ2) is 3.98. The van der Waals surface area contributed by atoms with Crippen molar-refractivity contribution in [3.05, 3.63) is 18.5 Å². The number of halogens is 1. The van der Waals surface area contributed by atoms with Crippen LogP contribution in [0.2, 0.25) is 0 Å². The van der Waals surface area contributed by atoms with Gasteiger partial charge in [-0.25, -0.2) is 4.79 Å². The summed E-state index contributed by atoms with van der Waals surface area (Å²) in [5.41, 5.74) is 0. The summed E-state index contributed by atoms with van der Waals surface area (Å²) in [7, 11) is 0. The van der Waals surface area contributed by atoms with Crippen LogP contribution in [-0.2, 0) is 4.79 Å². The SMILES string of the molecule is CC(C(=O)O)n1cccn1.Cl. The van der Waals surface area contributed by atoms with Gasteiger partial charge < -0.3 is 5.11 Å². The summed E-state index contributed by atoms with van der Waals surface area (Å²) in [4.78, 5) is 10.3. The molecule has 0 amide bonds. The molecule has 1 N–H and O–H groups in total. The average Bonchev–Trinajstić information content (AvgIpc) is 2.36. The normalized spacial score (nSPS) is 11.7. The molecule has 0 bridgehead atoms. The van der Waals surface area contributed by atoms with Gasteiger partial charge in [0.15, 0.2) is 0 Å². The monoisotopic (exact) mass is 176 g/mol. The molecule has 0 saturated heterocycles. The molecule has 1 rings (SSSR count). The van der Waals surface area contributed by atoms with Gasteiger partial charge in [-0.05, 0) is 13.0 Å². The molecular formula is C6H9ClN2O2. The van der Waals surface area contributed by atoms with Crippen LogP contribution in [0.5, 0.6) is 0 Å². The predicted molar refractivity (Wildman–Crippen MR) is 41.8 cm³/mol. The summed E-state index contributed by atoms with van der Waals surface area (Å²) in [6.45, 7) is 1.58. The molecule has 4 nitrogen and oxygen atoms in total. The van der Waals surface area contributed by atoms with Crippen molar-refractivity contribution in [3.8, 4) is 0 Å². The van der Waals surface area contributed by atoms with E-state index in [0.29, 0.717) is 0 Å². The van der Waals surface area contributed by atoms with E-state index in [9.17, 15) is 4.79 Å². The number of hydrogen-bond donors (Lipinski definition) is 1. The summed E-state index contributed by atoms with van der Waals surface area (Å²) in [5, 5.41) is 12.3. The largest absolute Gasteiger partial charge is 0.480 e. The van der Waals surface area contributed by atoms with Gasteiger partial charge in [0.05, 0.1) is 0 Å². The summed E-state index contributed by atoms with van der Waals surface area (Å²) >= 11 is 0. The molecule has 0 fully saturated rings. The third kappa shape index (κ3) is 2.23. The van der Waals surface area contributed by atoms with Crippen molar-refractivity contribution in [3.63, 3.8) is 0 Å². The Morgan fingerprint density at radius 2 is 2.36 bits per heavy atom. The molecule has 1 aromatic rings. The second-order valence-corrected chi connectivity index (χ2v) is 2.00. The lowest BCUT2D eigenvalue weighted by Crippen LogP contribution is -2.15. The van der Waals surface area contributed by atoms with Crippen molar-refractivity contribution in [1.29, 1.82) is 0 Å². The van der Waals surface area contributed by atoms with Crippen LogP contribution in [0.1, 0.15) is 13.0 Å². The van der Waals surface area contributed by atoms with Gasteiger partial charge in [0.25, 0.3) is 0 Å². The molecule has 0 aliphatic heterocycles. The number of rotatable bonds is 2. The predicted octanol–water partition coefficient (Wildman–Crippen LogP) is 0.951. The highest BCUT2D eigenvalue weighted by Gasteiger charge is 2.11. The fourth-order valence-electron chi connectivity index (χ4n) is 0.623.